The van der Waals surface area contributed by atoms with Crippen molar-refractivity contribution in [2.45, 2.75) is 31.4 Å². The van der Waals surface area contributed by atoms with Crippen LogP contribution in [0.25, 0.3) is 0 Å². The lowest BCUT2D eigenvalue weighted by molar-refractivity contribution is 0.668. The minimum Gasteiger partial charge on any atom is -0.312 e. The fourth-order valence-corrected chi connectivity index (χ4v) is 2.58. The van der Waals surface area contributed by atoms with Gasteiger partial charge >= 0.3 is 0 Å². The molecule has 0 saturated carbocycles. The zero-order chi connectivity index (χ0) is 8.81. The second-order valence-corrected chi connectivity index (χ2v) is 4.78. The van der Waals surface area contributed by atoms with Crippen LogP contribution in [-0.4, -0.2) is 24.1 Å². The molecular weight excluding hydrogens is 166 g/mol. The van der Waals surface area contributed by atoms with E-state index < -0.39 is 0 Å². The van der Waals surface area contributed by atoms with Crippen LogP contribution in [0.4, 0.5) is 0 Å². The Morgan fingerprint density at radius 3 is 3.08 bits per heavy atom. The molecule has 1 N–H and O–H groups in total. The number of rotatable bonds is 5. The van der Waals surface area contributed by atoms with Crippen LogP contribution in [0.2, 0.25) is 0 Å². The molecule has 0 amide bonds. The maximum Gasteiger partial charge on any atom is 0.0172 e. The van der Waals surface area contributed by atoms with Crippen LogP contribution < -0.4 is 5.32 Å². The van der Waals surface area contributed by atoms with Crippen molar-refractivity contribution in [3.8, 4) is 0 Å². The van der Waals surface area contributed by atoms with Crippen molar-refractivity contribution in [3.63, 3.8) is 0 Å². The van der Waals surface area contributed by atoms with Gasteiger partial charge in [0.2, 0.25) is 0 Å². The molecule has 0 aliphatic carbocycles. The Bertz CT molecular complexity index is 139. The molecule has 1 fully saturated rings. The van der Waals surface area contributed by atoms with Crippen LogP contribution in [0.3, 0.4) is 0 Å². The van der Waals surface area contributed by atoms with E-state index in [0.29, 0.717) is 0 Å². The van der Waals surface area contributed by atoms with Gasteiger partial charge in [-0.25, -0.2) is 0 Å². The monoisotopic (exact) mass is 185 g/mol. The third kappa shape index (κ3) is 3.63. The number of hydrogen-bond donors (Lipinski definition) is 1. The van der Waals surface area contributed by atoms with Gasteiger partial charge in [-0.1, -0.05) is 19.1 Å². The molecule has 0 aromatic carbocycles. The molecular formula is C10H19NS. The first-order valence-electron chi connectivity index (χ1n) is 4.82. The van der Waals surface area contributed by atoms with E-state index in [4.69, 9.17) is 0 Å². The Kier molecular flexibility index (Phi) is 4.77. The fraction of sp³-hybridized carbons (Fsp3) is 0.800. The van der Waals surface area contributed by atoms with Crippen molar-refractivity contribution in [2.75, 3.05) is 18.8 Å². The first-order chi connectivity index (χ1) is 5.83. The lowest BCUT2D eigenvalue weighted by Gasteiger charge is -2.10. The minimum atomic E-state index is 0.870. The second kappa shape index (κ2) is 5.65. The Morgan fingerprint density at radius 1 is 1.67 bits per heavy atom. The standard InChI is InChI=1S/C10H19NS/c1-3-9(2)7-11-8-10-5-4-6-12-10/h10-11H,2-8H2,1H3. The summed E-state index contributed by atoms with van der Waals surface area (Å²) < 4.78 is 0. The fourth-order valence-electron chi connectivity index (χ4n) is 1.34. The normalized spacial score (nSPS) is 22.9. The molecule has 0 spiro atoms. The summed E-state index contributed by atoms with van der Waals surface area (Å²) in [5, 5.41) is 4.33. The zero-order valence-corrected chi connectivity index (χ0v) is 8.75. The van der Waals surface area contributed by atoms with Crippen LogP contribution in [0.15, 0.2) is 12.2 Å². The largest absolute Gasteiger partial charge is 0.312 e. The van der Waals surface area contributed by atoms with Gasteiger partial charge in [0.25, 0.3) is 0 Å². The summed E-state index contributed by atoms with van der Waals surface area (Å²) in [6.07, 6.45) is 3.91. The maximum atomic E-state index is 3.97. The average Bonchev–Trinajstić information content (AvgIpc) is 2.57. The molecule has 0 bridgehead atoms. The van der Waals surface area contributed by atoms with E-state index in [1.54, 1.807) is 0 Å². The second-order valence-electron chi connectivity index (χ2n) is 3.37. The molecule has 70 valence electrons. The SMILES string of the molecule is C=C(CC)CNCC1CCCS1. The highest BCUT2D eigenvalue weighted by molar-refractivity contribution is 8.00. The summed E-state index contributed by atoms with van der Waals surface area (Å²) in [5.74, 6) is 1.36. The van der Waals surface area contributed by atoms with Gasteiger partial charge in [0.15, 0.2) is 0 Å². The van der Waals surface area contributed by atoms with E-state index in [1.165, 1.54) is 30.7 Å². The molecule has 0 aromatic rings. The maximum absolute atomic E-state index is 3.97. The Morgan fingerprint density at radius 2 is 2.50 bits per heavy atom. The molecule has 1 nitrogen and oxygen atoms in total. The Hall–Kier alpha value is 0.0500. The van der Waals surface area contributed by atoms with Crippen LogP contribution in [0.1, 0.15) is 26.2 Å². The highest BCUT2D eigenvalue weighted by atomic mass is 32.2. The van der Waals surface area contributed by atoms with E-state index in [0.717, 1.165) is 18.2 Å². The first-order valence-corrected chi connectivity index (χ1v) is 5.86. The minimum absolute atomic E-state index is 0.870. The molecule has 2 heteroatoms. The smallest absolute Gasteiger partial charge is 0.0172 e. The van der Waals surface area contributed by atoms with Crippen LogP contribution in [0.5, 0.6) is 0 Å². The predicted octanol–water partition coefficient (Wildman–Crippen LogP) is 2.44. The Labute approximate surface area is 80.0 Å². The third-order valence-electron chi connectivity index (χ3n) is 2.27. The summed E-state index contributed by atoms with van der Waals surface area (Å²) in [6.45, 7) is 8.31. The highest BCUT2D eigenvalue weighted by Gasteiger charge is 2.14. The quantitative estimate of drug-likeness (QED) is 0.660. The van der Waals surface area contributed by atoms with E-state index in [2.05, 4.69) is 30.6 Å². The molecule has 1 rings (SSSR count). The lowest BCUT2D eigenvalue weighted by Crippen LogP contribution is -2.24. The van der Waals surface area contributed by atoms with Crippen molar-refractivity contribution < 1.29 is 0 Å². The molecule has 0 radical (unpaired) electrons. The molecule has 0 aromatic heterocycles. The summed E-state index contributed by atoms with van der Waals surface area (Å²) in [7, 11) is 0. The van der Waals surface area contributed by atoms with Gasteiger partial charge in [-0.15, -0.1) is 0 Å². The molecule has 1 saturated heterocycles. The van der Waals surface area contributed by atoms with E-state index in [1.807, 2.05) is 0 Å². The first kappa shape index (κ1) is 10.1. The van der Waals surface area contributed by atoms with Crippen LogP contribution >= 0.6 is 11.8 Å². The Balaban J connectivity index is 1.97. The predicted molar refractivity (Wildman–Crippen MR) is 57.8 cm³/mol. The van der Waals surface area contributed by atoms with Gasteiger partial charge in [0.05, 0.1) is 0 Å². The molecule has 1 heterocycles. The van der Waals surface area contributed by atoms with Gasteiger partial charge in [0.1, 0.15) is 0 Å². The lowest BCUT2D eigenvalue weighted by atomic mass is 10.2. The topological polar surface area (TPSA) is 12.0 Å². The van der Waals surface area contributed by atoms with E-state index in [9.17, 15) is 0 Å². The van der Waals surface area contributed by atoms with E-state index in [-0.39, 0.29) is 0 Å². The number of hydrogen-bond acceptors (Lipinski definition) is 2. The van der Waals surface area contributed by atoms with Crippen molar-refractivity contribution in [1.82, 2.24) is 5.32 Å². The molecule has 12 heavy (non-hydrogen) atoms. The molecule has 1 aliphatic rings. The van der Waals surface area contributed by atoms with E-state index >= 15 is 0 Å². The summed E-state index contributed by atoms with van der Waals surface area (Å²) in [4.78, 5) is 0. The number of nitrogens with one attached hydrogen (secondary N) is 1. The molecule has 1 aliphatic heterocycles. The number of thioether (sulfide) groups is 1. The molecule has 1 atom stereocenters. The van der Waals surface area contributed by atoms with Crippen LogP contribution in [0, 0.1) is 0 Å². The van der Waals surface area contributed by atoms with Crippen molar-refractivity contribution in [2.24, 2.45) is 0 Å². The highest BCUT2D eigenvalue weighted by Crippen LogP contribution is 2.25. The molecule has 1 unspecified atom stereocenters. The summed E-state index contributed by atoms with van der Waals surface area (Å²) >= 11 is 2.11. The van der Waals surface area contributed by atoms with Crippen molar-refractivity contribution in [1.29, 1.82) is 0 Å². The van der Waals surface area contributed by atoms with Gasteiger partial charge in [-0.05, 0) is 25.0 Å². The van der Waals surface area contributed by atoms with Crippen molar-refractivity contribution >= 4 is 11.8 Å². The van der Waals surface area contributed by atoms with Gasteiger partial charge < -0.3 is 5.32 Å². The van der Waals surface area contributed by atoms with Crippen molar-refractivity contribution in [3.05, 3.63) is 12.2 Å². The third-order valence-corrected chi connectivity index (χ3v) is 3.67. The summed E-state index contributed by atoms with van der Waals surface area (Å²) in [5.41, 5.74) is 1.32. The van der Waals surface area contributed by atoms with Gasteiger partial charge in [-0.3, -0.25) is 0 Å². The zero-order valence-electron chi connectivity index (χ0n) is 7.94. The summed E-state index contributed by atoms with van der Waals surface area (Å²) in [6, 6.07) is 0. The van der Waals surface area contributed by atoms with Gasteiger partial charge in [-0.2, -0.15) is 11.8 Å². The average molecular weight is 185 g/mol. The van der Waals surface area contributed by atoms with Gasteiger partial charge in [0, 0.05) is 18.3 Å². The van der Waals surface area contributed by atoms with Crippen LogP contribution in [-0.2, 0) is 0 Å².